The first kappa shape index (κ1) is 12.4. The van der Waals surface area contributed by atoms with Gasteiger partial charge < -0.3 is 15.2 Å². The van der Waals surface area contributed by atoms with Crippen molar-refractivity contribution in [2.24, 2.45) is 7.05 Å². The Kier molecular flexibility index (Phi) is 5.04. The molecular formula is C9H16ClN3O2. The lowest BCUT2D eigenvalue weighted by atomic mass is 10.2. The van der Waals surface area contributed by atoms with Gasteiger partial charge in [-0.3, -0.25) is 4.68 Å². The second-order valence-electron chi connectivity index (χ2n) is 3.21. The lowest BCUT2D eigenvalue weighted by Crippen LogP contribution is -2.26. The molecule has 0 aliphatic carbocycles. The van der Waals surface area contributed by atoms with Crippen molar-refractivity contribution in [3.05, 3.63) is 16.9 Å². The number of aliphatic hydroxyl groups is 1. The minimum atomic E-state index is -0.651. The predicted octanol–water partition coefficient (Wildman–Crippen LogP) is 0.343. The fourth-order valence-electron chi connectivity index (χ4n) is 1.30. The molecule has 0 aromatic carbocycles. The lowest BCUT2D eigenvalue weighted by molar-refractivity contribution is 0.154. The summed E-state index contributed by atoms with van der Waals surface area (Å²) in [4.78, 5) is 0. The Morgan fingerprint density at radius 3 is 3.00 bits per heavy atom. The van der Waals surface area contributed by atoms with E-state index in [9.17, 15) is 5.11 Å². The van der Waals surface area contributed by atoms with E-state index in [1.54, 1.807) is 18.8 Å². The van der Waals surface area contributed by atoms with Gasteiger partial charge in [0, 0.05) is 27.2 Å². The Balaban J connectivity index is 2.43. The molecule has 1 atom stereocenters. The number of nitrogens with zero attached hydrogens (tertiary/aromatic N) is 2. The number of nitrogens with one attached hydrogen (secondary N) is 1. The van der Waals surface area contributed by atoms with Crippen LogP contribution < -0.4 is 5.32 Å². The summed E-state index contributed by atoms with van der Waals surface area (Å²) in [6, 6.07) is 0. The number of halogens is 1. The summed E-state index contributed by atoms with van der Waals surface area (Å²) < 4.78 is 6.45. The van der Waals surface area contributed by atoms with Crippen LogP contribution >= 0.6 is 11.6 Å². The molecule has 86 valence electrons. The Bertz CT molecular complexity index is 284. The molecule has 0 spiro atoms. The first-order valence-electron chi connectivity index (χ1n) is 4.72. The SMILES string of the molecule is COCCNCC(O)c1c(Cl)cnn1C. The number of hydrogen-bond donors (Lipinski definition) is 2. The van der Waals surface area contributed by atoms with Crippen molar-refractivity contribution in [2.75, 3.05) is 26.8 Å². The highest BCUT2D eigenvalue weighted by molar-refractivity contribution is 6.31. The minimum absolute atomic E-state index is 0.433. The number of methoxy groups -OCH3 is 1. The zero-order chi connectivity index (χ0) is 11.3. The molecule has 0 aliphatic heterocycles. The number of rotatable bonds is 6. The topological polar surface area (TPSA) is 59.3 Å². The maximum absolute atomic E-state index is 9.82. The number of aryl methyl sites for hydroxylation is 1. The van der Waals surface area contributed by atoms with Gasteiger partial charge in [-0.25, -0.2) is 0 Å². The lowest BCUT2D eigenvalue weighted by Gasteiger charge is -2.12. The molecule has 5 nitrogen and oxygen atoms in total. The third-order valence-corrected chi connectivity index (χ3v) is 2.37. The van der Waals surface area contributed by atoms with E-state index in [0.29, 0.717) is 30.4 Å². The van der Waals surface area contributed by atoms with E-state index in [2.05, 4.69) is 10.4 Å². The van der Waals surface area contributed by atoms with E-state index in [0.717, 1.165) is 0 Å². The average molecular weight is 234 g/mol. The molecule has 1 aromatic heterocycles. The fourth-order valence-corrected chi connectivity index (χ4v) is 1.60. The van der Waals surface area contributed by atoms with Gasteiger partial charge in [-0.15, -0.1) is 0 Å². The second-order valence-corrected chi connectivity index (χ2v) is 3.62. The number of aliphatic hydroxyl groups excluding tert-OH is 1. The first-order valence-corrected chi connectivity index (χ1v) is 5.09. The third kappa shape index (κ3) is 3.46. The van der Waals surface area contributed by atoms with Crippen molar-refractivity contribution < 1.29 is 9.84 Å². The largest absolute Gasteiger partial charge is 0.385 e. The van der Waals surface area contributed by atoms with Crippen molar-refractivity contribution in [3.63, 3.8) is 0 Å². The van der Waals surface area contributed by atoms with Gasteiger partial charge in [-0.05, 0) is 0 Å². The summed E-state index contributed by atoms with van der Waals surface area (Å²) in [5, 5.41) is 17.3. The second kappa shape index (κ2) is 6.07. The van der Waals surface area contributed by atoms with Crippen LogP contribution in [0.4, 0.5) is 0 Å². The van der Waals surface area contributed by atoms with Crippen LogP contribution in [0, 0.1) is 0 Å². The molecule has 1 aromatic rings. The van der Waals surface area contributed by atoms with Gasteiger partial charge in [-0.1, -0.05) is 11.6 Å². The summed E-state index contributed by atoms with van der Waals surface area (Å²) in [5.74, 6) is 0. The molecule has 0 fully saturated rings. The number of ether oxygens (including phenoxy) is 1. The Labute approximate surface area is 94.0 Å². The molecule has 0 bridgehead atoms. The normalized spacial score (nSPS) is 13.1. The summed E-state index contributed by atoms with van der Waals surface area (Å²) >= 11 is 5.88. The van der Waals surface area contributed by atoms with E-state index >= 15 is 0 Å². The van der Waals surface area contributed by atoms with Gasteiger partial charge in [0.05, 0.1) is 23.5 Å². The molecule has 15 heavy (non-hydrogen) atoms. The summed E-state index contributed by atoms with van der Waals surface area (Å²) in [6.45, 7) is 1.75. The number of hydrogen-bond acceptors (Lipinski definition) is 4. The maximum Gasteiger partial charge on any atom is 0.109 e. The van der Waals surface area contributed by atoms with Crippen LogP contribution in [0.1, 0.15) is 11.8 Å². The van der Waals surface area contributed by atoms with Crippen LogP contribution in [-0.2, 0) is 11.8 Å². The first-order chi connectivity index (χ1) is 7.16. The quantitative estimate of drug-likeness (QED) is 0.696. The standard InChI is InChI=1S/C9H16ClN3O2/c1-13-9(7(10)5-12-13)8(14)6-11-3-4-15-2/h5,8,11,14H,3-4,6H2,1-2H3. The summed E-state index contributed by atoms with van der Waals surface area (Å²) in [7, 11) is 3.38. The summed E-state index contributed by atoms with van der Waals surface area (Å²) in [5.41, 5.74) is 0.626. The van der Waals surface area contributed by atoms with Crippen LogP contribution in [0.3, 0.4) is 0 Å². The molecule has 0 saturated heterocycles. The third-order valence-electron chi connectivity index (χ3n) is 2.07. The smallest absolute Gasteiger partial charge is 0.109 e. The van der Waals surface area contributed by atoms with Crippen LogP contribution in [-0.4, -0.2) is 41.7 Å². The molecule has 0 radical (unpaired) electrons. The van der Waals surface area contributed by atoms with Crippen molar-refractivity contribution in [3.8, 4) is 0 Å². The molecule has 0 amide bonds. The van der Waals surface area contributed by atoms with Crippen LogP contribution in [0.25, 0.3) is 0 Å². The highest BCUT2D eigenvalue weighted by Gasteiger charge is 2.15. The van der Waals surface area contributed by atoms with Crippen molar-refractivity contribution >= 4 is 11.6 Å². The van der Waals surface area contributed by atoms with Gasteiger partial charge in [0.1, 0.15) is 6.10 Å². The molecule has 0 aliphatic rings. The molecule has 2 N–H and O–H groups in total. The molecule has 1 rings (SSSR count). The summed E-state index contributed by atoms with van der Waals surface area (Å²) in [6.07, 6.45) is 0.872. The molecule has 1 heterocycles. The van der Waals surface area contributed by atoms with Crippen LogP contribution in [0.2, 0.25) is 5.02 Å². The number of aromatic nitrogens is 2. The van der Waals surface area contributed by atoms with Gasteiger partial charge in [0.2, 0.25) is 0 Å². The predicted molar refractivity (Wildman–Crippen MR) is 57.9 cm³/mol. The van der Waals surface area contributed by atoms with Gasteiger partial charge in [-0.2, -0.15) is 5.10 Å². The Morgan fingerprint density at radius 1 is 1.73 bits per heavy atom. The van der Waals surface area contributed by atoms with Crippen molar-refractivity contribution in [1.82, 2.24) is 15.1 Å². The van der Waals surface area contributed by atoms with E-state index in [1.807, 2.05) is 0 Å². The highest BCUT2D eigenvalue weighted by Crippen LogP contribution is 2.20. The van der Waals surface area contributed by atoms with Crippen molar-refractivity contribution in [1.29, 1.82) is 0 Å². The van der Waals surface area contributed by atoms with E-state index in [1.165, 1.54) is 6.20 Å². The Morgan fingerprint density at radius 2 is 2.47 bits per heavy atom. The van der Waals surface area contributed by atoms with E-state index in [4.69, 9.17) is 16.3 Å². The minimum Gasteiger partial charge on any atom is -0.385 e. The maximum atomic E-state index is 9.82. The zero-order valence-electron chi connectivity index (χ0n) is 8.90. The van der Waals surface area contributed by atoms with Crippen LogP contribution in [0.5, 0.6) is 0 Å². The monoisotopic (exact) mass is 233 g/mol. The fraction of sp³-hybridized carbons (Fsp3) is 0.667. The molecule has 1 unspecified atom stereocenters. The van der Waals surface area contributed by atoms with Crippen LogP contribution in [0.15, 0.2) is 6.20 Å². The van der Waals surface area contributed by atoms with Gasteiger partial charge in [0.25, 0.3) is 0 Å². The Hall–Kier alpha value is -0.620. The van der Waals surface area contributed by atoms with Gasteiger partial charge >= 0.3 is 0 Å². The molecule has 6 heteroatoms. The van der Waals surface area contributed by atoms with Crippen molar-refractivity contribution in [2.45, 2.75) is 6.10 Å². The van der Waals surface area contributed by atoms with E-state index < -0.39 is 6.10 Å². The van der Waals surface area contributed by atoms with E-state index in [-0.39, 0.29) is 0 Å². The zero-order valence-corrected chi connectivity index (χ0v) is 9.66. The van der Waals surface area contributed by atoms with Gasteiger partial charge in [0.15, 0.2) is 0 Å². The molecular weight excluding hydrogens is 218 g/mol. The average Bonchev–Trinajstić information content (AvgIpc) is 2.53. The molecule has 0 saturated carbocycles. The highest BCUT2D eigenvalue weighted by atomic mass is 35.5.